The van der Waals surface area contributed by atoms with Gasteiger partial charge in [-0.1, -0.05) is 13.0 Å². The van der Waals surface area contributed by atoms with Gasteiger partial charge in [-0.3, -0.25) is 4.79 Å². The zero-order chi connectivity index (χ0) is 24.1. The van der Waals surface area contributed by atoms with Crippen molar-refractivity contribution >= 4 is 16.6 Å². The zero-order valence-corrected chi connectivity index (χ0v) is 17.7. The predicted molar refractivity (Wildman–Crippen MR) is 112 cm³/mol. The summed E-state index contributed by atoms with van der Waals surface area (Å²) in [5.41, 5.74) is -3.67. The van der Waals surface area contributed by atoms with E-state index in [1.54, 1.807) is 6.92 Å². The van der Waals surface area contributed by atoms with Gasteiger partial charge in [0.15, 0.2) is 17.2 Å². The smallest absolute Gasteiger partial charge is 0.419 e. The molecule has 1 heterocycles. The van der Waals surface area contributed by atoms with E-state index in [2.05, 4.69) is 10.3 Å². The number of hydrogen-bond donors (Lipinski definition) is 3. The second kappa shape index (κ2) is 8.02. The topological polar surface area (TPSA) is 74.4 Å². The SMILES string of the molecule is CC[C@@H]1C[C@@](O)(C(F)(F)F)[C@@H](Nc2ccc(F)c3[nH]c(=O)ccc23)c2ccc(F)c(OC)c21. The molecule has 0 radical (unpaired) electrons. The number of fused-ring (bicyclic) bond motifs is 2. The Labute approximate surface area is 185 Å². The van der Waals surface area contributed by atoms with Crippen LogP contribution >= 0.6 is 0 Å². The fraction of sp³-hybridized carbons (Fsp3) is 0.348. The van der Waals surface area contributed by atoms with Crippen molar-refractivity contribution in [2.24, 2.45) is 0 Å². The molecular formula is C23H21F5N2O3. The number of H-pyrrole nitrogens is 1. The number of ether oxygens (including phenoxy) is 1. The van der Waals surface area contributed by atoms with E-state index in [0.717, 1.165) is 18.2 Å². The number of pyridine rings is 1. The summed E-state index contributed by atoms with van der Waals surface area (Å²) in [5, 5.41) is 13.8. The molecule has 0 bridgehead atoms. The number of anilines is 1. The number of rotatable bonds is 4. The molecular weight excluding hydrogens is 447 g/mol. The van der Waals surface area contributed by atoms with Gasteiger partial charge in [0, 0.05) is 22.7 Å². The number of halogens is 5. The molecule has 5 nitrogen and oxygen atoms in total. The summed E-state index contributed by atoms with van der Waals surface area (Å²) in [4.78, 5) is 13.9. The molecule has 0 spiro atoms. The first-order valence-corrected chi connectivity index (χ1v) is 10.2. The Balaban J connectivity index is 1.97. The number of hydrogen-bond acceptors (Lipinski definition) is 4. The van der Waals surface area contributed by atoms with Crippen molar-refractivity contribution in [3.63, 3.8) is 0 Å². The third kappa shape index (κ3) is 3.62. The maximum Gasteiger partial charge on any atom is 0.419 e. The summed E-state index contributed by atoms with van der Waals surface area (Å²) in [7, 11) is 1.22. The number of aromatic nitrogens is 1. The lowest BCUT2D eigenvalue weighted by molar-refractivity contribution is -0.272. The standard InChI is InChI=1S/C23H21F5N2O3/c1-3-11-10-22(32,23(26,27)28)21(13-4-6-15(25)20(33-2)18(11)13)29-16-8-7-14(24)19-12(16)5-9-17(31)30-19/h4-9,11,21,29,32H,3,10H2,1-2H3,(H,30,31)/t11-,21+,22+/m1/s1. The second-order valence-corrected chi connectivity index (χ2v) is 8.10. The van der Waals surface area contributed by atoms with E-state index in [1.807, 2.05) is 0 Å². The summed E-state index contributed by atoms with van der Waals surface area (Å²) in [6.07, 6.45) is -5.56. The molecule has 0 saturated carbocycles. The molecule has 0 unspecified atom stereocenters. The number of aromatic amines is 1. The van der Waals surface area contributed by atoms with Crippen molar-refractivity contribution < 1.29 is 31.8 Å². The molecule has 1 aromatic heterocycles. The normalized spacial score (nSPS) is 22.8. The number of aliphatic hydroxyl groups is 1. The van der Waals surface area contributed by atoms with Gasteiger partial charge in [0.1, 0.15) is 5.82 Å². The van der Waals surface area contributed by atoms with Crippen molar-refractivity contribution in [2.45, 2.75) is 43.5 Å². The molecule has 1 aliphatic rings. The van der Waals surface area contributed by atoms with E-state index in [0.29, 0.717) is 0 Å². The molecule has 2 aromatic carbocycles. The third-order valence-corrected chi connectivity index (χ3v) is 6.27. The van der Waals surface area contributed by atoms with Crippen LogP contribution in [-0.2, 0) is 0 Å². The Hall–Kier alpha value is -3.14. The maximum atomic E-state index is 14.5. The number of methoxy groups -OCH3 is 1. The molecule has 3 N–H and O–H groups in total. The summed E-state index contributed by atoms with van der Waals surface area (Å²) in [5.74, 6) is -2.49. The first kappa shape index (κ1) is 23.0. The summed E-state index contributed by atoms with van der Waals surface area (Å²) in [6, 6.07) is 5.03. The first-order chi connectivity index (χ1) is 15.5. The summed E-state index contributed by atoms with van der Waals surface area (Å²) in [6.45, 7) is 1.65. The van der Waals surface area contributed by atoms with Gasteiger partial charge in [-0.2, -0.15) is 13.2 Å². The average molecular weight is 468 g/mol. The van der Waals surface area contributed by atoms with Crippen LogP contribution in [0.15, 0.2) is 41.2 Å². The number of benzene rings is 2. The van der Waals surface area contributed by atoms with Crippen LogP contribution in [-0.4, -0.2) is 29.0 Å². The Kier molecular flexibility index (Phi) is 5.60. The highest BCUT2D eigenvalue weighted by Gasteiger charge is 2.62. The zero-order valence-electron chi connectivity index (χ0n) is 17.7. The van der Waals surface area contributed by atoms with Gasteiger partial charge >= 0.3 is 6.18 Å². The van der Waals surface area contributed by atoms with Crippen LogP contribution in [0.4, 0.5) is 27.6 Å². The molecule has 33 heavy (non-hydrogen) atoms. The minimum Gasteiger partial charge on any atom is -0.493 e. The van der Waals surface area contributed by atoms with E-state index < -0.39 is 47.4 Å². The van der Waals surface area contributed by atoms with Crippen LogP contribution in [0, 0.1) is 11.6 Å². The molecule has 0 fully saturated rings. The molecule has 176 valence electrons. The minimum absolute atomic E-state index is 0.0214. The van der Waals surface area contributed by atoms with Gasteiger partial charge in [-0.15, -0.1) is 0 Å². The first-order valence-electron chi connectivity index (χ1n) is 10.2. The number of nitrogens with one attached hydrogen (secondary N) is 2. The van der Waals surface area contributed by atoms with Crippen LogP contribution in [0.25, 0.3) is 10.9 Å². The van der Waals surface area contributed by atoms with E-state index in [1.165, 1.54) is 25.3 Å². The third-order valence-electron chi connectivity index (χ3n) is 6.27. The fourth-order valence-corrected chi connectivity index (χ4v) is 4.64. The highest BCUT2D eigenvalue weighted by molar-refractivity contribution is 5.91. The Morgan fingerprint density at radius 1 is 1.15 bits per heavy atom. The van der Waals surface area contributed by atoms with Crippen LogP contribution in [0.3, 0.4) is 0 Å². The predicted octanol–water partition coefficient (Wildman–Crippen LogP) is 5.16. The van der Waals surface area contributed by atoms with Crippen LogP contribution < -0.4 is 15.6 Å². The Bertz CT molecular complexity index is 1270. The highest BCUT2D eigenvalue weighted by atomic mass is 19.4. The lowest BCUT2D eigenvalue weighted by atomic mass is 9.69. The molecule has 0 aliphatic heterocycles. The van der Waals surface area contributed by atoms with Gasteiger partial charge in [-0.25, -0.2) is 8.78 Å². The quantitative estimate of drug-likeness (QED) is 0.463. The Morgan fingerprint density at radius 2 is 1.85 bits per heavy atom. The molecule has 3 aromatic rings. The fourth-order valence-electron chi connectivity index (χ4n) is 4.64. The van der Waals surface area contributed by atoms with Crippen molar-refractivity contribution in [1.29, 1.82) is 0 Å². The van der Waals surface area contributed by atoms with Gasteiger partial charge in [0.2, 0.25) is 5.56 Å². The largest absolute Gasteiger partial charge is 0.493 e. The van der Waals surface area contributed by atoms with Crippen LogP contribution in [0.5, 0.6) is 5.75 Å². The van der Waals surface area contributed by atoms with Gasteiger partial charge < -0.3 is 20.1 Å². The van der Waals surface area contributed by atoms with Crippen molar-refractivity contribution in [2.75, 3.05) is 12.4 Å². The lowest BCUT2D eigenvalue weighted by Gasteiger charge is -2.46. The van der Waals surface area contributed by atoms with Gasteiger partial charge in [0.25, 0.3) is 0 Å². The van der Waals surface area contributed by atoms with E-state index in [4.69, 9.17) is 4.74 Å². The van der Waals surface area contributed by atoms with Crippen molar-refractivity contribution in [3.05, 3.63) is 69.5 Å². The molecule has 10 heteroatoms. The lowest BCUT2D eigenvalue weighted by Crippen LogP contribution is -2.55. The van der Waals surface area contributed by atoms with E-state index in [9.17, 15) is 31.9 Å². The van der Waals surface area contributed by atoms with Crippen molar-refractivity contribution in [1.82, 2.24) is 4.98 Å². The van der Waals surface area contributed by atoms with Crippen LogP contribution in [0.1, 0.15) is 42.9 Å². The second-order valence-electron chi connectivity index (χ2n) is 8.10. The number of alkyl halides is 3. The highest BCUT2D eigenvalue weighted by Crippen LogP contribution is 2.55. The van der Waals surface area contributed by atoms with Crippen molar-refractivity contribution in [3.8, 4) is 5.75 Å². The Morgan fingerprint density at radius 3 is 2.48 bits per heavy atom. The molecule has 3 atom stereocenters. The average Bonchev–Trinajstić information content (AvgIpc) is 2.76. The summed E-state index contributed by atoms with van der Waals surface area (Å²) >= 11 is 0. The monoisotopic (exact) mass is 468 g/mol. The molecule has 1 aliphatic carbocycles. The van der Waals surface area contributed by atoms with Gasteiger partial charge in [0.05, 0.1) is 18.7 Å². The van der Waals surface area contributed by atoms with E-state index in [-0.39, 0.29) is 39.9 Å². The van der Waals surface area contributed by atoms with Gasteiger partial charge in [-0.05, 0) is 48.6 Å². The van der Waals surface area contributed by atoms with E-state index >= 15 is 0 Å². The molecule has 0 amide bonds. The minimum atomic E-state index is -5.04. The summed E-state index contributed by atoms with van der Waals surface area (Å²) < 4.78 is 76.7. The van der Waals surface area contributed by atoms with Crippen LogP contribution in [0.2, 0.25) is 0 Å². The molecule has 0 saturated heterocycles. The maximum absolute atomic E-state index is 14.5. The molecule has 4 rings (SSSR count).